The van der Waals surface area contributed by atoms with Crippen LogP contribution in [0.4, 0.5) is 5.69 Å². The van der Waals surface area contributed by atoms with E-state index in [-0.39, 0.29) is 0 Å². The van der Waals surface area contributed by atoms with Gasteiger partial charge in [-0.15, -0.1) is 0 Å². The maximum absolute atomic E-state index is 10.9. The molecule has 0 spiro atoms. The fourth-order valence-electron chi connectivity index (χ4n) is 1.12. The number of hydrogen-bond donors (Lipinski definition) is 1. The van der Waals surface area contributed by atoms with Crippen LogP contribution < -0.4 is 4.31 Å². The fourth-order valence-corrected chi connectivity index (χ4v) is 1.80. The molecule has 1 aromatic carbocycles. The molecule has 0 aliphatic rings. The second-order valence-corrected chi connectivity index (χ2v) is 3.66. The Kier molecular flexibility index (Phi) is 3.76. The van der Waals surface area contributed by atoms with Crippen LogP contribution >= 0.6 is 0 Å². The molecule has 1 aromatic rings. The Balaban J connectivity index is 2.89. The Bertz CT molecular complexity index is 314. The molecule has 0 bridgehead atoms. The largest absolute Gasteiger partial charge is 0.272 e. The second kappa shape index (κ2) is 4.87. The van der Waals surface area contributed by atoms with Gasteiger partial charge in [-0.3, -0.25) is 4.31 Å². The van der Waals surface area contributed by atoms with E-state index in [2.05, 4.69) is 0 Å². The Morgan fingerprint density at radius 2 is 1.85 bits per heavy atom. The van der Waals surface area contributed by atoms with Gasteiger partial charge in [-0.05, 0) is 18.6 Å². The lowest BCUT2D eigenvalue weighted by atomic mass is 10.3. The minimum absolute atomic E-state index is 0.544. The lowest BCUT2D eigenvalue weighted by Crippen LogP contribution is -2.21. The van der Waals surface area contributed by atoms with Crippen molar-refractivity contribution in [2.45, 2.75) is 13.3 Å². The quantitative estimate of drug-likeness (QED) is 0.745. The molecule has 1 rings (SSSR count). The summed E-state index contributed by atoms with van der Waals surface area (Å²) in [5, 5.41) is 0. The standard InChI is InChI=1S/C9H13NO2S/c1-2-8-10(13(11)12)9-6-4-3-5-7-9/h3-7,13H,2,8H2,1H3. The summed E-state index contributed by atoms with van der Waals surface area (Å²) in [6.45, 7) is 2.50. The molecule has 0 N–H and O–H groups in total. The number of anilines is 1. The van der Waals surface area contributed by atoms with Crippen LogP contribution in [0.1, 0.15) is 13.3 Å². The molecule has 0 unspecified atom stereocenters. The van der Waals surface area contributed by atoms with E-state index < -0.39 is 10.9 Å². The van der Waals surface area contributed by atoms with Crippen LogP contribution in [-0.4, -0.2) is 15.0 Å². The molecule has 13 heavy (non-hydrogen) atoms. The summed E-state index contributed by atoms with van der Waals surface area (Å²) in [4.78, 5) is 0. The third-order valence-corrected chi connectivity index (χ3v) is 2.51. The first kappa shape index (κ1) is 10.1. The highest BCUT2D eigenvalue weighted by Crippen LogP contribution is 2.12. The van der Waals surface area contributed by atoms with Gasteiger partial charge >= 0.3 is 0 Å². The summed E-state index contributed by atoms with van der Waals surface area (Å²) in [6, 6.07) is 9.11. The molecule has 0 saturated heterocycles. The molecule has 0 aromatic heterocycles. The fraction of sp³-hybridized carbons (Fsp3) is 0.333. The van der Waals surface area contributed by atoms with Crippen molar-refractivity contribution in [1.82, 2.24) is 0 Å². The average molecular weight is 199 g/mol. The van der Waals surface area contributed by atoms with E-state index in [1.165, 1.54) is 4.31 Å². The lowest BCUT2D eigenvalue weighted by Gasteiger charge is -2.15. The van der Waals surface area contributed by atoms with Gasteiger partial charge in [0.15, 0.2) is 0 Å². The normalized spacial score (nSPS) is 10.3. The predicted octanol–water partition coefficient (Wildman–Crippen LogP) is 1.43. The molecular weight excluding hydrogens is 186 g/mol. The molecule has 0 aliphatic heterocycles. The van der Waals surface area contributed by atoms with Gasteiger partial charge in [0.25, 0.3) is 0 Å². The topological polar surface area (TPSA) is 37.4 Å². The lowest BCUT2D eigenvalue weighted by molar-refractivity contribution is 0.609. The van der Waals surface area contributed by atoms with Crippen molar-refractivity contribution in [2.24, 2.45) is 0 Å². The molecule has 0 aliphatic carbocycles. The molecule has 0 radical (unpaired) electrons. The number of benzene rings is 1. The van der Waals surface area contributed by atoms with E-state index >= 15 is 0 Å². The Labute approximate surface area is 80.1 Å². The number of thiol groups is 1. The zero-order chi connectivity index (χ0) is 9.68. The van der Waals surface area contributed by atoms with Crippen LogP contribution in [0.2, 0.25) is 0 Å². The van der Waals surface area contributed by atoms with Gasteiger partial charge in [-0.2, -0.15) is 0 Å². The maximum atomic E-state index is 10.9. The summed E-state index contributed by atoms with van der Waals surface area (Å²) in [6.07, 6.45) is 0.818. The van der Waals surface area contributed by atoms with Gasteiger partial charge in [0, 0.05) is 6.54 Å². The van der Waals surface area contributed by atoms with E-state index in [1.54, 1.807) is 12.1 Å². The van der Waals surface area contributed by atoms with Gasteiger partial charge in [0.2, 0.25) is 10.9 Å². The first-order valence-electron chi connectivity index (χ1n) is 4.22. The number of rotatable bonds is 4. The van der Waals surface area contributed by atoms with Crippen molar-refractivity contribution in [1.29, 1.82) is 0 Å². The van der Waals surface area contributed by atoms with Crippen molar-refractivity contribution in [2.75, 3.05) is 10.8 Å². The number of para-hydroxylation sites is 1. The smallest absolute Gasteiger partial charge is 0.225 e. The maximum Gasteiger partial charge on any atom is 0.225 e. The van der Waals surface area contributed by atoms with Crippen molar-refractivity contribution >= 4 is 16.6 Å². The summed E-state index contributed by atoms with van der Waals surface area (Å²) in [5.74, 6) is 0. The van der Waals surface area contributed by atoms with Crippen molar-refractivity contribution in [3.05, 3.63) is 30.3 Å². The summed E-state index contributed by atoms with van der Waals surface area (Å²) in [7, 11) is -2.51. The van der Waals surface area contributed by atoms with Crippen LogP contribution in [0, 0.1) is 0 Å². The molecule has 4 heteroatoms. The first-order chi connectivity index (χ1) is 6.25. The zero-order valence-electron chi connectivity index (χ0n) is 7.51. The van der Waals surface area contributed by atoms with Gasteiger partial charge in [0.1, 0.15) is 0 Å². The van der Waals surface area contributed by atoms with Crippen molar-refractivity contribution < 1.29 is 8.42 Å². The monoisotopic (exact) mass is 199 g/mol. The third kappa shape index (κ3) is 2.73. The van der Waals surface area contributed by atoms with Gasteiger partial charge in [0.05, 0.1) is 5.69 Å². The highest BCUT2D eigenvalue weighted by atomic mass is 32.2. The summed E-state index contributed by atoms with van der Waals surface area (Å²) >= 11 is 0. The minimum atomic E-state index is -2.51. The third-order valence-electron chi connectivity index (χ3n) is 1.69. The van der Waals surface area contributed by atoms with Gasteiger partial charge in [-0.25, -0.2) is 8.42 Å². The van der Waals surface area contributed by atoms with Crippen LogP contribution in [0.3, 0.4) is 0 Å². The van der Waals surface area contributed by atoms with Gasteiger partial charge < -0.3 is 0 Å². The summed E-state index contributed by atoms with van der Waals surface area (Å²) in [5.41, 5.74) is 0.737. The molecule has 0 fully saturated rings. The van der Waals surface area contributed by atoms with Crippen LogP contribution in [0.15, 0.2) is 30.3 Å². The van der Waals surface area contributed by atoms with E-state index in [1.807, 2.05) is 25.1 Å². The Morgan fingerprint density at radius 3 is 2.31 bits per heavy atom. The van der Waals surface area contributed by atoms with Crippen LogP contribution in [-0.2, 0) is 10.9 Å². The molecule has 72 valence electrons. The number of nitrogens with zero attached hydrogens (tertiary/aromatic N) is 1. The average Bonchev–Trinajstić information content (AvgIpc) is 2.15. The minimum Gasteiger partial charge on any atom is -0.272 e. The molecule has 0 saturated carbocycles. The zero-order valence-corrected chi connectivity index (χ0v) is 8.41. The van der Waals surface area contributed by atoms with Crippen LogP contribution in [0.5, 0.6) is 0 Å². The van der Waals surface area contributed by atoms with Gasteiger partial charge in [-0.1, -0.05) is 25.1 Å². The molecule has 0 heterocycles. The predicted molar refractivity (Wildman–Crippen MR) is 54.4 cm³/mol. The van der Waals surface area contributed by atoms with E-state index in [0.717, 1.165) is 12.1 Å². The number of hydrogen-bond acceptors (Lipinski definition) is 2. The SMILES string of the molecule is CCCN(c1ccccc1)[SH](=O)=O. The molecular formula is C9H13NO2S. The Hall–Kier alpha value is -1.03. The van der Waals surface area contributed by atoms with E-state index in [9.17, 15) is 8.42 Å². The van der Waals surface area contributed by atoms with Crippen LogP contribution in [0.25, 0.3) is 0 Å². The highest BCUT2D eigenvalue weighted by Gasteiger charge is 2.05. The first-order valence-corrected chi connectivity index (χ1v) is 5.35. The van der Waals surface area contributed by atoms with Crippen molar-refractivity contribution in [3.63, 3.8) is 0 Å². The van der Waals surface area contributed by atoms with E-state index in [0.29, 0.717) is 6.54 Å². The Morgan fingerprint density at radius 1 is 1.23 bits per heavy atom. The molecule has 3 nitrogen and oxygen atoms in total. The molecule has 0 atom stereocenters. The van der Waals surface area contributed by atoms with E-state index in [4.69, 9.17) is 0 Å². The highest BCUT2D eigenvalue weighted by molar-refractivity contribution is 7.74. The second-order valence-electron chi connectivity index (χ2n) is 2.70. The summed E-state index contributed by atoms with van der Waals surface area (Å²) < 4.78 is 23.1. The van der Waals surface area contributed by atoms with Crippen molar-refractivity contribution in [3.8, 4) is 0 Å². The molecule has 0 amide bonds.